The molecule has 2 aromatic carbocycles. The first-order chi connectivity index (χ1) is 14.0. The van der Waals surface area contributed by atoms with Gasteiger partial charge in [0.1, 0.15) is 17.4 Å². The van der Waals surface area contributed by atoms with Gasteiger partial charge in [-0.25, -0.2) is 18.6 Å². The molecule has 0 bridgehead atoms. The summed E-state index contributed by atoms with van der Waals surface area (Å²) in [5.74, 6) is -1.08. The van der Waals surface area contributed by atoms with Crippen LogP contribution in [-0.2, 0) is 16.1 Å². The Kier molecular flexibility index (Phi) is 4.86. The molecule has 0 amide bonds. The van der Waals surface area contributed by atoms with Crippen molar-refractivity contribution in [3.63, 3.8) is 0 Å². The molecular formula is C20H13F2N3O4. The van der Waals surface area contributed by atoms with Crippen molar-refractivity contribution in [1.82, 2.24) is 10.1 Å². The van der Waals surface area contributed by atoms with Crippen LogP contribution >= 0.6 is 0 Å². The number of aliphatic imine (C=N–C) groups is 1. The summed E-state index contributed by atoms with van der Waals surface area (Å²) in [6, 6.07) is 9.74. The predicted octanol–water partition coefficient (Wildman–Crippen LogP) is 3.58. The van der Waals surface area contributed by atoms with Gasteiger partial charge in [0.25, 0.3) is 0 Å². The molecule has 7 nitrogen and oxygen atoms in total. The first-order valence-electron chi connectivity index (χ1n) is 8.48. The van der Waals surface area contributed by atoms with Gasteiger partial charge in [0.05, 0.1) is 5.56 Å². The molecule has 3 aromatic rings. The summed E-state index contributed by atoms with van der Waals surface area (Å²) in [5, 5.41) is 3.73. The number of hydrogen-bond acceptors (Lipinski definition) is 7. The SMILES string of the molecule is Cc1nc(COc2ccc(C=C3N=C(c4ccc(F)cc4F)OC3=O)cc2)no1. The van der Waals surface area contributed by atoms with Gasteiger partial charge in [-0.2, -0.15) is 4.98 Å². The van der Waals surface area contributed by atoms with E-state index in [-0.39, 0.29) is 23.8 Å². The molecule has 2 heterocycles. The maximum atomic E-state index is 13.9. The van der Waals surface area contributed by atoms with E-state index in [4.69, 9.17) is 14.0 Å². The fourth-order valence-electron chi connectivity index (χ4n) is 2.55. The molecule has 1 aromatic heterocycles. The summed E-state index contributed by atoms with van der Waals surface area (Å²) in [6.45, 7) is 1.84. The molecule has 0 spiro atoms. The Balaban J connectivity index is 1.48. The molecule has 0 fully saturated rings. The molecule has 1 aliphatic heterocycles. The van der Waals surface area contributed by atoms with Crippen LogP contribution in [0.15, 0.2) is 57.7 Å². The number of aryl methyl sites for hydroxylation is 1. The van der Waals surface area contributed by atoms with Gasteiger partial charge in [0.15, 0.2) is 12.3 Å². The number of esters is 1. The number of carbonyl (C=O) groups is 1. The summed E-state index contributed by atoms with van der Waals surface area (Å²) in [6.07, 6.45) is 1.49. The van der Waals surface area contributed by atoms with Gasteiger partial charge in [0.2, 0.25) is 17.6 Å². The second kappa shape index (κ2) is 7.63. The van der Waals surface area contributed by atoms with Gasteiger partial charge >= 0.3 is 5.97 Å². The Hall–Kier alpha value is -3.88. The molecule has 29 heavy (non-hydrogen) atoms. The highest BCUT2D eigenvalue weighted by Gasteiger charge is 2.26. The molecule has 0 aliphatic carbocycles. The van der Waals surface area contributed by atoms with Gasteiger partial charge in [0, 0.05) is 13.0 Å². The average Bonchev–Trinajstić information content (AvgIpc) is 3.27. The van der Waals surface area contributed by atoms with E-state index in [1.807, 2.05) is 0 Å². The smallest absolute Gasteiger partial charge is 0.363 e. The second-order valence-electron chi connectivity index (χ2n) is 6.05. The zero-order valence-electron chi connectivity index (χ0n) is 15.1. The third kappa shape index (κ3) is 4.18. The van der Waals surface area contributed by atoms with Crippen LogP contribution in [0.4, 0.5) is 8.78 Å². The summed E-state index contributed by atoms with van der Waals surface area (Å²) in [4.78, 5) is 20.1. The van der Waals surface area contributed by atoms with E-state index in [9.17, 15) is 13.6 Å². The summed E-state index contributed by atoms with van der Waals surface area (Å²) in [5.41, 5.74) is 0.563. The number of cyclic esters (lactones) is 1. The number of aromatic nitrogens is 2. The van der Waals surface area contributed by atoms with Crippen LogP contribution in [-0.4, -0.2) is 22.0 Å². The Morgan fingerprint density at radius 3 is 2.62 bits per heavy atom. The maximum absolute atomic E-state index is 13.9. The molecule has 9 heteroatoms. The lowest BCUT2D eigenvalue weighted by atomic mass is 10.2. The summed E-state index contributed by atoms with van der Waals surface area (Å²) >= 11 is 0. The largest absolute Gasteiger partial charge is 0.485 e. The van der Waals surface area contributed by atoms with Crippen molar-refractivity contribution >= 4 is 17.9 Å². The fraction of sp³-hybridized carbons (Fsp3) is 0.100. The lowest BCUT2D eigenvalue weighted by Gasteiger charge is -2.03. The number of nitrogens with zero attached hydrogens (tertiary/aromatic N) is 3. The number of ether oxygens (including phenoxy) is 2. The Bertz CT molecular complexity index is 1140. The number of carbonyl (C=O) groups excluding carboxylic acids is 1. The van der Waals surface area contributed by atoms with Crippen LogP contribution < -0.4 is 4.74 Å². The van der Waals surface area contributed by atoms with Crippen molar-refractivity contribution < 1.29 is 27.6 Å². The maximum Gasteiger partial charge on any atom is 0.363 e. The highest BCUT2D eigenvalue weighted by molar-refractivity contribution is 6.12. The highest BCUT2D eigenvalue weighted by Crippen LogP contribution is 2.22. The molecular weight excluding hydrogens is 384 g/mol. The third-order valence-corrected chi connectivity index (χ3v) is 3.90. The van der Waals surface area contributed by atoms with Gasteiger partial charge in [-0.05, 0) is 35.9 Å². The van der Waals surface area contributed by atoms with Crippen molar-refractivity contribution in [1.29, 1.82) is 0 Å². The van der Waals surface area contributed by atoms with Crippen molar-refractivity contribution in [2.45, 2.75) is 13.5 Å². The van der Waals surface area contributed by atoms with Crippen LogP contribution in [0.5, 0.6) is 5.75 Å². The van der Waals surface area contributed by atoms with Gasteiger partial charge < -0.3 is 14.0 Å². The first-order valence-corrected chi connectivity index (χ1v) is 8.48. The molecule has 0 atom stereocenters. The van der Waals surface area contributed by atoms with Crippen LogP contribution in [0.1, 0.15) is 22.8 Å². The average molecular weight is 397 g/mol. The lowest BCUT2D eigenvalue weighted by molar-refractivity contribution is -0.129. The topological polar surface area (TPSA) is 86.8 Å². The molecule has 1 aliphatic rings. The van der Waals surface area contributed by atoms with E-state index in [1.165, 1.54) is 6.08 Å². The molecule has 0 N–H and O–H groups in total. The number of benzene rings is 2. The molecule has 0 saturated heterocycles. The highest BCUT2D eigenvalue weighted by atomic mass is 19.1. The number of rotatable bonds is 5. The minimum atomic E-state index is -0.865. The molecule has 0 unspecified atom stereocenters. The fourth-order valence-corrected chi connectivity index (χ4v) is 2.55. The summed E-state index contributed by atoms with van der Waals surface area (Å²) < 4.78 is 42.3. The quantitative estimate of drug-likeness (QED) is 0.483. The minimum absolute atomic E-state index is 0.000310. The van der Waals surface area contributed by atoms with Crippen LogP contribution in [0.25, 0.3) is 6.08 Å². The van der Waals surface area contributed by atoms with Crippen molar-refractivity contribution in [2.75, 3.05) is 0 Å². The number of hydrogen-bond donors (Lipinski definition) is 0. The number of halogens is 2. The van der Waals surface area contributed by atoms with E-state index in [0.717, 1.165) is 12.1 Å². The first kappa shape index (κ1) is 18.5. The van der Waals surface area contributed by atoms with E-state index in [0.29, 0.717) is 29.1 Å². The van der Waals surface area contributed by atoms with Crippen LogP contribution in [0, 0.1) is 18.6 Å². The third-order valence-electron chi connectivity index (χ3n) is 3.90. The predicted molar refractivity (Wildman–Crippen MR) is 96.8 cm³/mol. The molecule has 4 rings (SSSR count). The van der Waals surface area contributed by atoms with Crippen molar-refractivity contribution in [3.05, 3.63) is 82.6 Å². The Morgan fingerprint density at radius 1 is 1.14 bits per heavy atom. The lowest BCUT2D eigenvalue weighted by Crippen LogP contribution is -2.07. The normalized spacial score (nSPS) is 14.8. The van der Waals surface area contributed by atoms with Crippen LogP contribution in [0.3, 0.4) is 0 Å². The minimum Gasteiger partial charge on any atom is -0.485 e. The van der Waals surface area contributed by atoms with E-state index in [2.05, 4.69) is 15.1 Å². The van der Waals surface area contributed by atoms with E-state index in [1.54, 1.807) is 31.2 Å². The van der Waals surface area contributed by atoms with Gasteiger partial charge in [-0.3, -0.25) is 0 Å². The monoisotopic (exact) mass is 397 g/mol. The van der Waals surface area contributed by atoms with E-state index < -0.39 is 17.6 Å². The Labute approximate surface area is 163 Å². The standard InChI is InChI=1S/C20H13F2N3O4/c1-11-23-18(25-29-11)10-27-14-5-2-12(3-6-14)8-17-20(26)28-19(24-17)15-7-4-13(21)9-16(15)22/h2-9H,10H2,1H3. The summed E-state index contributed by atoms with van der Waals surface area (Å²) in [7, 11) is 0. The zero-order valence-corrected chi connectivity index (χ0v) is 15.1. The zero-order chi connectivity index (χ0) is 20.4. The molecule has 0 saturated carbocycles. The second-order valence-corrected chi connectivity index (χ2v) is 6.05. The molecule has 146 valence electrons. The van der Waals surface area contributed by atoms with Gasteiger partial charge in [-0.1, -0.05) is 17.3 Å². The molecule has 0 radical (unpaired) electrons. The van der Waals surface area contributed by atoms with E-state index >= 15 is 0 Å². The van der Waals surface area contributed by atoms with Gasteiger partial charge in [-0.15, -0.1) is 0 Å². The van der Waals surface area contributed by atoms with Crippen molar-refractivity contribution in [3.8, 4) is 5.75 Å². The van der Waals surface area contributed by atoms with Crippen LogP contribution in [0.2, 0.25) is 0 Å². The van der Waals surface area contributed by atoms with Crippen molar-refractivity contribution in [2.24, 2.45) is 4.99 Å². The Morgan fingerprint density at radius 2 is 1.93 bits per heavy atom.